The lowest BCUT2D eigenvalue weighted by Gasteiger charge is -2.19. The van der Waals surface area contributed by atoms with E-state index < -0.39 is 0 Å². The number of hydrogen-bond acceptors (Lipinski definition) is 6. The van der Waals surface area contributed by atoms with Crippen LogP contribution in [0.2, 0.25) is 0 Å². The molecule has 1 aliphatic carbocycles. The fraction of sp³-hybridized carbons (Fsp3) is 0.478. The average molecular weight is 405 g/mol. The van der Waals surface area contributed by atoms with Crippen molar-refractivity contribution in [3.05, 3.63) is 53.6 Å². The summed E-state index contributed by atoms with van der Waals surface area (Å²) in [6.07, 6.45) is 6.28. The van der Waals surface area contributed by atoms with Crippen LogP contribution in [-0.4, -0.2) is 49.1 Å². The van der Waals surface area contributed by atoms with Crippen molar-refractivity contribution in [1.82, 2.24) is 29.9 Å². The zero-order valence-electron chi connectivity index (χ0n) is 17.8. The fourth-order valence-electron chi connectivity index (χ4n) is 5.01. The van der Waals surface area contributed by atoms with E-state index in [1.165, 1.54) is 11.3 Å². The molecule has 30 heavy (non-hydrogen) atoms. The number of pyridine rings is 1. The Morgan fingerprint density at radius 2 is 1.87 bits per heavy atom. The van der Waals surface area contributed by atoms with Gasteiger partial charge in [-0.2, -0.15) is 5.10 Å². The van der Waals surface area contributed by atoms with E-state index in [9.17, 15) is 0 Å². The van der Waals surface area contributed by atoms with Crippen molar-refractivity contribution in [3.63, 3.8) is 0 Å². The topological polar surface area (TPSA) is 69.0 Å². The minimum atomic E-state index is 0.235. The van der Waals surface area contributed by atoms with E-state index in [2.05, 4.69) is 38.2 Å². The molecule has 156 valence electrons. The zero-order chi connectivity index (χ0) is 20.7. The molecule has 7 heteroatoms. The molecule has 5 rings (SSSR count). The molecule has 3 aromatic heterocycles. The van der Waals surface area contributed by atoms with E-state index in [-0.39, 0.29) is 6.10 Å². The Bertz CT molecular complexity index is 1020. The molecule has 1 saturated carbocycles. The highest BCUT2D eigenvalue weighted by Gasteiger charge is 2.42. The maximum atomic E-state index is 6.19. The van der Waals surface area contributed by atoms with E-state index in [1.807, 2.05) is 44.6 Å². The molecule has 7 nitrogen and oxygen atoms in total. The first kappa shape index (κ1) is 19.2. The van der Waals surface area contributed by atoms with Crippen LogP contribution in [0.4, 0.5) is 0 Å². The van der Waals surface area contributed by atoms with Gasteiger partial charge in [0.25, 0.3) is 0 Å². The second kappa shape index (κ2) is 7.80. The highest BCUT2D eigenvalue weighted by molar-refractivity contribution is 5.60. The lowest BCUT2D eigenvalue weighted by Crippen LogP contribution is -2.25. The smallest absolute Gasteiger partial charge is 0.233 e. The van der Waals surface area contributed by atoms with Gasteiger partial charge in [0.2, 0.25) is 5.88 Å². The third kappa shape index (κ3) is 3.81. The monoisotopic (exact) mass is 404 g/mol. The summed E-state index contributed by atoms with van der Waals surface area (Å²) < 4.78 is 7.98. The maximum absolute atomic E-state index is 6.19. The van der Waals surface area contributed by atoms with Crippen molar-refractivity contribution in [2.24, 2.45) is 18.9 Å². The van der Waals surface area contributed by atoms with Crippen LogP contribution in [0.5, 0.6) is 5.88 Å². The SMILES string of the molecule is Cc1cccnc1CN1C[C@H]2C[C@H](Oc3ccc(-c4cn(C)nc4C)nn3)C[C@H]2C1. The molecular weight excluding hydrogens is 376 g/mol. The predicted molar refractivity (Wildman–Crippen MR) is 114 cm³/mol. The average Bonchev–Trinajstić information content (AvgIpc) is 3.37. The first-order valence-electron chi connectivity index (χ1n) is 10.7. The predicted octanol–water partition coefficient (Wildman–Crippen LogP) is 3.18. The standard InChI is InChI=1S/C23H28N6O/c1-15-5-4-8-24-22(15)14-29-11-17-9-19(10-18(17)12-29)30-23-7-6-21(25-26-23)20-13-28(3)27-16(20)2/h4-8,13,17-19H,9-12,14H2,1-3H3/t17-,18+,19+. The molecule has 3 aromatic rings. The molecule has 0 unspecified atom stereocenters. The summed E-state index contributed by atoms with van der Waals surface area (Å²) in [5.74, 6) is 2.01. The first-order valence-corrected chi connectivity index (χ1v) is 10.7. The van der Waals surface area contributed by atoms with E-state index in [0.717, 1.165) is 49.4 Å². The Hall–Kier alpha value is -2.80. The Morgan fingerprint density at radius 1 is 1.07 bits per heavy atom. The summed E-state index contributed by atoms with van der Waals surface area (Å²) in [6, 6.07) is 8.05. The Balaban J connectivity index is 1.16. The summed E-state index contributed by atoms with van der Waals surface area (Å²) in [7, 11) is 1.91. The van der Waals surface area contributed by atoms with Crippen LogP contribution in [0.15, 0.2) is 36.7 Å². The molecule has 0 spiro atoms. The first-order chi connectivity index (χ1) is 14.5. The van der Waals surface area contributed by atoms with Crippen LogP contribution in [0, 0.1) is 25.7 Å². The molecule has 3 atom stereocenters. The van der Waals surface area contributed by atoms with Gasteiger partial charge in [0.1, 0.15) is 6.10 Å². The van der Waals surface area contributed by atoms with Gasteiger partial charge in [-0.25, -0.2) is 0 Å². The zero-order valence-corrected chi connectivity index (χ0v) is 17.8. The fourth-order valence-corrected chi connectivity index (χ4v) is 5.01. The quantitative estimate of drug-likeness (QED) is 0.651. The lowest BCUT2D eigenvalue weighted by molar-refractivity contribution is 0.176. The van der Waals surface area contributed by atoms with Gasteiger partial charge >= 0.3 is 0 Å². The molecule has 0 bridgehead atoms. The molecule has 0 aromatic carbocycles. The van der Waals surface area contributed by atoms with Crippen LogP contribution < -0.4 is 4.74 Å². The minimum Gasteiger partial charge on any atom is -0.473 e. The van der Waals surface area contributed by atoms with Gasteiger partial charge < -0.3 is 4.74 Å². The van der Waals surface area contributed by atoms with Gasteiger partial charge in [-0.3, -0.25) is 14.6 Å². The Morgan fingerprint density at radius 3 is 2.50 bits per heavy atom. The summed E-state index contributed by atoms with van der Waals surface area (Å²) in [6.45, 7) is 7.34. The van der Waals surface area contributed by atoms with Crippen LogP contribution in [0.3, 0.4) is 0 Å². The van der Waals surface area contributed by atoms with Crippen molar-refractivity contribution >= 4 is 0 Å². The summed E-state index contributed by atoms with van der Waals surface area (Å²) in [5.41, 5.74) is 5.27. The number of aromatic nitrogens is 5. The number of rotatable bonds is 5. The van der Waals surface area contributed by atoms with Gasteiger partial charge in [-0.1, -0.05) is 6.07 Å². The van der Waals surface area contributed by atoms with E-state index >= 15 is 0 Å². The van der Waals surface area contributed by atoms with Crippen molar-refractivity contribution in [2.45, 2.75) is 39.3 Å². The van der Waals surface area contributed by atoms with Gasteiger partial charge in [0.05, 0.1) is 17.1 Å². The van der Waals surface area contributed by atoms with Gasteiger partial charge in [-0.15, -0.1) is 10.2 Å². The van der Waals surface area contributed by atoms with Crippen molar-refractivity contribution in [2.75, 3.05) is 13.1 Å². The highest BCUT2D eigenvalue weighted by atomic mass is 16.5. The number of fused-ring (bicyclic) bond motifs is 1. The number of nitrogens with zero attached hydrogens (tertiary/aromatic N) is 6. The van der Waals surface area contributed by atoms with Crippen LogP contribution in [-0.2, 0) is 13.6 Å². The molecule has 0 amide bonds. The van der Waals surface area contributed by atoms with Crippen LogP contribution >= 0.6 is 0 Å². The number of aryl methyl sites for hydroxylation is 3. The van der Waals surface area contributed by atoms with Crippen molar-refractivity contribution < 1.29 is 4.74 Å². The van der Waals surface area contributed by atoms with Gasteiger partial charge in [0.15, 0.2) is 0 Å². The molecular formula is C23H28N6O. The second-order valence-corrected chi connectivity index (χ2v) is 8.75. The third-order valence-electron chi connectivity index (χ3n) is 6.49. The summed E-state index contributed by atoms with van der Waals surface area (Å²) in [4.78, 5) is 7.10. The maximum Gasteiger partial charge on any atom is 0.233 e. The molecule has 1 aliphatic heterocycles. The van der Waals surface area contributed by atoms with Crippen molar-refractivity contribution in [1.29, 1.82) is 0 Å². The second-order valence-electron chi connectivity index (χ2n) is 8.75. The number of hydrogen-bond donors (Lipinski definition) is 0. The summed E-state index contributed by atoms with van der Waals surface area (Å²) >= 11 is 0. The van der Waals surface area contributed by atoms with Crippen LogP contribution in [0.1, 0.15) is 29.8 Å². The summed E-state index contributed by atoms with van der Waals surface area (Å²) in [5, 5.41) is 13.0. The van der Waals surface area contributed by atoms with Crippen LogP contribution in [0.25, 0.3) is 11.3 Å². The number of likely N-dealkylation sites (tertiary alicyclic amines) is 1. The van der Waals surface area contributed by atoms with E-state index in [0.29, 0.717) is 17.7 Å². The molecule has 4 heterocycles. The normalized spacial score (nSPS) is 23.6. The molecule has 2 aliphatic rings. The van der Waals surface area contributed by atoms with Gasteiger partial charge in [-0.05, 0) is 56.2 Å². The van der Waals surface area contributed by atoms with E-state index in [4.69, 9.17) is 4.74 Å². The Kier molecular flexibility index (Phi) is 4.98. The van der Waals surface area contributed by atoms with Gasteiger partial charge in [0, 0.05) is 50.7 Å². The molecule has 1 saturated heterocycles. The highest BCUT2D eigenvalue weighted by Crippen LogP contribution is 2.40. The third-order valence-corrected chi connectivity index (χ3v) is 6.49. The lowest BCUT2D eigenvalue weighted by atomic mass is 10.0. The van der Waals surface area contributed by atoms with Crippen molar-refractivity contribution in [3.8, 4) is 17.1 Å². The largest absolute Gasteiger partial charge is 0.473 e. The molecule has 0 N–H and O–H groups in total. The molecule has 0 radical (unpaired) electrons. The van der Waals surface area contributed by atoms with E-state index in [1.54, 1.807) is 4.68 Å². The molecule has 2 fully saturated rings. The Labute approximate surface area is 177 Å². The number of ether oxygens (including phenoxy) is 1. The minimum absolute atomic E-state index is 0.235.